The van der Waals surface area contributed by atoms with E-state index in [0.29, 0.717) is 19.0 Å². The predicted molar refractivity (Wildman–Crippen MR) is 149 cm³/mol. The van der Waals surface area contributed by atoms with Crippen LogP contribution in [0.2, 0.25) is 0 Å². The molecule has 4 aromatic carbocycles. The highest BCUT2D eigenvalue weighted by atomic mass is 79.9. The summed E-state index contributed by atoms with van der Waals surface area (Å²) in [6, 6.07) is 34.2. The Morgan fingerprint density at radius 2 is 1.37 bits per heavy atom. The highest BCUT2D eigenvalue weighted by molar-refractivity contribution is 9.10. The van der Waals surface area contributed by atoms with Crippen LogP contribution in [0.1, 0.15) is 45.8 Å². The monoisotopic (exact) mass is 542 g/mol. The first-order chi connectivity index (χ1) is 17.0. The number of hydrogen-bond acceptors (Lipinski definition) is 2. The van der Waals surface area contributed by atoms with Crippen LogP contribution in [0.25, 0.3) is 0 Å². The van der Waals surface area contributed by atoms with Crippen molar-refractivity contribution in [3.8, 4) is 0 Å². The van der Waals surface area contributed by atoms with Gasteiger partial charge in [-0.2, -0.15) is 0 Å². The molecule has 1 aliphatic carbocycles. The molecule has 0 aromatic heterocycles. The third kappa shape index (κ3) is 5.13. The van der Waals surface area contributed by atoms with Gasteiger partial charge in [0.05, 0.1) is 0 Å². The second kappa shape index (κ2) is 10.5. The lowest BCUT2D eigenvalue weighted by atomic mass is 9.84. The van der Waals surface area contributed by atoms with Crippen LogP contribution < -0.4 is 10.6 Å². The number of ketones is 1. The van der Waals surface area contributed by atoms with Gasteiger partial charge in [0.1, 0.15) is 7.14 Å². The number of hydrogen-bond donors (Lipinski definition) is 0. The zero-order valence-corrected chi connectivity index (χ0v) is 22.0. The molecule has 1 aliphatic rings. The molecule has 176 valence electrons. The Morgan fingerprint density at radius 3 is 2.06 bits per heavy atom. The number of carbonyl (C=O) groups is 1. The van der Waals surface area contributed by atoms with Crippen molar-refractivity contribution in [3.63, 3.8) is 0 Å². The molecular formula is C31H28BrO2P. The van der Waals surface area contributed by atoms with E-state index in [1.54, 1.807) is 0 Å². The van der Waals surface area contributed by atoms with Gasteiger partial charge in [0, 0.05) is 33.2 Å². The van der Waals surface area contributed by atoms with Crippen molar-refractivity contribution in [1.82, 2.24) is 0 Å². The summed E-state index contributed by atoms with van der Waals surface area (Å²) in [5.41, 5.74) is 4.34. The molecule has 0 bridgehead atoms. The third-order valence-corrected chi connectivity index (χ3v) is 10.7. The summed E-state index contributed by atoms with van der Waals surface area (Å²) in [4.78, 5) is 13.1. The molecule has 0 spiro atoms. The molecule has 4 aromatic rings. The molecule has 0 aliphatic heterocycles. The number of rotatable bonds is 4. The Kier molecular flexibility index (Phi) is 7.18. The van der Waals surface area contributed by atoms with Crippen LogP contribution in [-0.4, -0.2) is 11.9 Å². The first-order valence-corrected chi connectivity index (χ1v) is 14.8. The number of fused-ring (bicyclic) bond motifs is 2. The van der Waals surface area contributed by atoms with Crippen LogP contribution in [0.4, 0.5) is 0 Å². The van der Waals surface area contributed by atoms with Crippen molar-refractivity contribution in [3.05, 3.63) is 130 Å². The summed E-state index contributed by atoms with van der Waals surface area (Å²) in [5.74, 6) is 0.204. The van der Waals surface area contributed by atoms with E-state index < -0.39 is 7.14 Å². The van der Waals surface area contributed by atoms with Gasteiger partial charge in [-0.25, -0.2) is 0 Å². The van der Waals surface area contributed by atoms with E-state index in [1.165, 1.54) is 11.1 Å². The maximum absolute atomic E-state index is 15.0. The zero-order chi connectivity index (χ0) is 24.3. The van der Waals surface area contributed by atoms with E-state index in [2.05, 4.69) is 40.2 Å². The van der Waals surface area contributed by atoms with Gasteiger partial charge in [0.15, 0.2) is 5.78 Å². The zero-order valence-electron chi connectivity index (χ0n) is 19.6. The lowest BCUT2D eigenvalue weighted by molar-refractivity contribution is 0.0979. The van der Waals surface area contributed by atoms with Crippen LogP contribution in [0, 0.1) is 0 Å². The number of aryl methyl sites for hydroxylation is 1. The summed E-state index contributed by atoms with van der Waals surface area (Å²) in [7, 11) is -2.95. The van der Waals surface area contributed by atoms with E-state index >= 15 is 4.57 Å². The van der Waals surface area contributed by atoms with E-state index in [4.69, 9.17) is 0 Å². The van der Waals surface area contributed by atoms with Gasteiger partial charge in [-0.1, -0.05) is 107 Å². The van der Waals surface area contributed by atoms with Gasteiger partial charge in [0.25, 0.3) is 0 Å². The first kappa shape index (κ1) is 24.0. The second-order valence-corrected chi connectivity index (χ2v) is 13.1. The van der Waals surface area contributed by atoms with Crippen LogP contribution in [0.15, 0.2) is 108 Å². The molecule has 0 amide bonds. The molecule has 1 atom stereocenters. The van der Waals surface area contributed by atoms with Gasteiger partial charge < -0.3 is 4.57 Å². The summed E-state index contributed by atoms with van der Waals surface area (Å²) in [6.07, 6.45) is 3.38. The molecule has 0 fully saturated rings. The average Bonchev–Trinajstić information content (AvgIpc) is 2.90. The summed E-state index contributed by atoms with van der Waals surface area (Å²) in [5, 5.41) is 1.76. The maximum Gasteiger partial charge on any atom is 0.163 e. The topological polar surface area (TPSA) is 34.1 Å². The van der Waals surface area contributed by atoms with Gasteiger partial charge in [-0.15, -0.1) is 0 Å². The molecule has 0 saturated heterocycles. The van der Waals surface area contributed by atoms with Crippen LogP contribution in [0.3, 0.4) is 0 Å². The molecule has 0 N–H and O–H groups in total. The molecule has 0 heterocycles. The highest BCUT2D eigenvalue weighted by Crippen LogP contribution is 2.49. The van der Waals surface area contributed by atoms with Crippen molar-refractivity contribution < 1.29 is 9.36 Å². The minimum Gasteiger partial charge on any atom is -0.314 e. The Labute approximate surface area is 215 Å². The summed E-state index contributed by atoms with van der Waals surface area (Å²) in [6.45, 7) is 0. The minimum absolute atomic E-state index is 0.000737. The van der Waals surface area contributed by atoms with E-state index in [-0.39, 0.29) is 11.7 Å². The van der Waals surface area contributed by atoms with Crippen LogP contribution >= 0.6 is 23.1 Å². The lowest BCUT2D eigenvalue weighted by Crippen LogP contribution is -2.24. The maximum atomic E-state index is 15.0. The van der Waals surface area contributed by atoms with Crippen LogP contribution in [0.5, 0.6) is 0 Å². The lowest BCUT2D eigenvalue weighted by Gasteiger charge is -2.28. The van der Waals surface area contributed by atoms with Crippen molar-refractivity contribution in [2.45, 2.75) is 31.6 Å². The average molecular weight is 543 g/mol. The molecule has 2 nitrogen and oxygen atoms in total. The molecule has 0 saturated carbocycles. The standard InChI is InChI=1S/C31H28BrO2P/c32-26-19-18-23-11-9-17-31(33)29-16-8-7-10-24(29)20-25(30(23)21-26)22-35(34,27-12-3-1-4-13-27)28-14-5-2-6-15-28/h1-8,10,12-16,18-19,21,25H,9,11,17,20,22H2. The number of benzene rings is 4. The fraction of sp³-hybridized carbons (Fsp3) is 0.194. The summed E-state index contributed by atoms with van der Waals surface area (Å²) < 4.78 is 16.1. The van der Waals surface area contributed by atoms with E-state index in [1.807, 2.05) is 78.9 Å². The van der Waals surface area contributed by atoms with E-state index in [9.17, 15) is 4.79 Å². The molecular weight excluding hydrogens is 515 g/mol. The van der Waals surface area contributed by atoms with Crippen LogP contribution in [-0.2, 0) is 17.4 Å². The van der Waals surface area contributed by atoms with Gasteiger partial charge in [-0.3, -0.25) is 4.79 Å². The Balaban J connectivity index is 1.68. The third-order valence-electron chi connectivity index (χ3n) is 7.01. The highest BCUT2D eigenvalue weighted by Gasteiger charge is 2.33. The number of carbonyl (C=O) groups excluding carboxylic acids is 1. The first-order valence-electron chi connectivity index (χ1n) is 12.1. The Hall–Kier alpha value is -2.74. The van der Waals surface area contributed by atoms with Crippen molar-refractivity contribution in [1.29, 1.82) is 0 Å². The van der Waals surface area contributed by atoms with Gasteiger partial charge in [0.2, 0.25) is 0 Å². The van der Waals surface area contributed by atoms with Crippen molar-refractivity contribution in [2.75, 3.05) is 6.16 Å². The molecule has 4 heteroatoms. The van der Waals surface area contributed by atoms with Crippen molar-refractivity contribution >= 4 is 39.5 Å². The smallest absolute Gasteiger partial charge is 0.163 e. The normalized spacial score (nSPS) is 16.3. The van der Waals surface area contributed by atoms with Gasteiger partial charge >= 0.3 is 0 Å². The fourth-order valence-corrected chi connectivity index (χ4v) is 8.62. The quantitative estimate of drug-likeness (QED) is 0.253. The largest absolute Gasteiger partial charge is 0.314 e. The Bertz CT molecular complexity index is 1340. The number of Topliss-reactive ketones (excluding diaryl/α,β-unsaturated/α-hetero) is 1. The van der Waals surface area contributed by atoms with Crippen molar-refractivity contribution in [2.24, 2.45) is 0 Å². The summed E-state index contributed by atoms with van der Waals surface area (Å²) >= 11 is 3.69. The SMILES string of the molecule is O=C1CCCc2ccc(Br)cc2C(CP(=O)(c2ccccc2)c2ccccc2)Cc2ccccc21. The predicted octanol–water partition coefficient (Wildman–Crippen LogP) is 7.31. The molecule has 0 radical (unpaired) electrons. The van der Waals surface area contributed by atoms with Gasteiger partial charge in [-0.05, 0) is 54.0 Å². The fourth-order valence-electron chi connectivity index (χ4n) is 5.26. The molecule has 1 unspecified atom stereocenters. The second-order valence-electron chi connectivity index (χ2n) is 9.27. The van der Waals surface area contributed by atoms with E-state index in [0.717, 1.165) is 39.1 Å². The molecule has 35 heavy (non-hydrogen) atoms. The number of halogens is 1. The Morgan fingerprint density at radius 1 is 0.743 bits per heavy atom. The molecule has 5 rings (SSSR count). The minimum atomic E-state index is -2.95.